The molecule has 2 fully saturated rings. The zero-order valence-corrected chi connectivity index (χ0v) is 8.92. The third kappa shape index (κ3) is 2.05. The first-order valence-electron chi connectivity index (χ1n) is 5.72. The van der Waals surface area contributed by atoms with Gasteiger partial charge >= 0.3 is 0 Å². The molecule has 2 heteroatoms. The summed E-state index contributed by atoms with van der Waals surface area (Å²) < 4.78 is 0. The van der Waals surface area contributed by atoms with Gasteiger partial charge in [-0.3, -0.25) is 0 Å². The van der Waals surface area contributed by atoms with Crippen LogP contribution in [0.1, 0.15) is 26.7 Å². The molecule has 0 aliphatic carbocycles. The van der Waals surface area contributed by atoms with Gasteiger partial charge in [-0.15, -0.1) is 0 Å². The normalized spacial score (nSPS) is 27.9. The lowest BCUT2D eigenvalue weighted by Crippen LogP contribution is -2.49. The molecule has 0 radical (unpaired) electrons. The minimum Gasteiger partial charge on any atom is -0.316 e. The number of nitrogens with one attached hydrogen (secondary N) is 1. The molecule has 1 N–H and O–H groups in total. The van der Waals surface area contributed by atoms with Crippen LogP contribution in [0.2, 0.25) is 0 Å². The number of nitrogens with zero attached hydrogens (tertiary/aromatic N) is 1. The van der Waals surface area contributed by atoms with Crippen LogP contribution in [0.5, 0.6) is 0 Å². The van der Waals surface area contributed by atoms with Crippen molar-refractivity contribution in [1.29, 1.82) is 0 Å². The molecule has 0 unspecified atom stereocenters. The van der Waals surface area contributed by atoms with E-state index in [4.69, 9.17) is 0 Å². The summed E-state index contributed by atoms with van der Waals surface area (Å²) in [7, 11) is 0. The Labute approximate surface area is 81.7 Å². The van der Waals surface area contributed by atoms with Crippen molar-refractivity contribution in [2.45, 2.75) is 32.7 Å². The van der Waals surface area contributed by atoms with Gasteiger partial charge in [-0.05, 0) is 64.7 Å². The molecule has 76 valence electrons. The fourth-order valence-electron chi connectivity index (χ4n) is 2.55. The molecule has 0 aromatic heterocycles. The number of likely N-dealkylation sites (tertiary alicyclic amines) is 1. The Bertz CT molecular complexity index is 155. The van der Waals surface area contributed by atoms with E-state index in [1.165, 1.54) is 39.0 Å². The van der Waals surface area contributed by atoms with E-state index in [1.54, 1.807) is 0 Å². The van der Waals surface area contributed by atoms with Gasteiger partial charge in [-0.1, -0.05) is 0 Å². The molecule has 0 aromatic rings. The van der Waals surface area contributed by atoms with Crippen molar-refractivity contribution in [2.75, 3.05) is 26.2 Å². The van der Waals surface area contributed by atoms with Crippen molar-refractivity contribution in [1.82, 2.24) is 10.2 Å². The van der Waals surface area contributed by atoms with Crippen LogP contribution >= 0.6 is 0 Å². The minimum atomic E-state index is 0.750. The van der Waals surface area contributed by atoms with Crippen LogP contribution in [0.15, 0.2) is 0 Å². The highest BCUT2D eigenvalue weighted by molar-refractivity contribution is 4.85. The van der Waals surface area contributed by atoms with Gasteiger partial charge in [0.15, 0.2) is 0 Å². The molecule has 2 aliphatic rings. The van der Waals surface area contributed by atoms with E-state index in [1.807, 2.05) is 0 Å². The highest BCUT2D eigenvalue weighted by atomic mass is 15.1. The van der Waals surface area contributed by atoms with Crippen LogP contribution in [-0.2, 0) is 0 Å². The lowest BCUT2D eigenvalue weighted by molar-refractivity contribution is 0.101. The summed E-state index contributed by atoms with van der Waals surface area (Å²) in [6, 6.07) is 0.750. The standard InChI is InChI=1S/C11H22N2/c1-9(2)13-5-3-10(4-6-13)11-7-12-8-11/h9-12H,3-8H2,1-2H3. The van der Waals surface area contributed by atoms with Gasteiger partial charge in [0.25, 0.3) is 0 Å². The molecule has 13 heavy (non-hydrogen) atoms. The lowest BCUT2D eigenvalue weighted by Gasteiger charge is -2.41. The van der Waals surface area contributed by atoms with Gasteiger partial charge in [0.05, 0.1) is 0 Å². The average molecular weight is 182 g/mol. The minimum absolute atomic E-state index is 0.750. The van der Waals surface area contributed by atoms with Crippen LogP contribution in [0, 0.1) is 11.8 Å². The first-order valence-corrected chi connectivity index (χ1v) is 5.72. The van der Waals surface area contributed by atoms with E-state index >= 15 is 0 Å². The maximum atomic E-state index is 3.38. The van der Waals surface area contributed by atoms with Gasteiger partial charge in [0.2, 0.25) is 0 Å². The fraction of sp³-hybridized carbons (Fsp3) is 1.00. The molecule has 2 rings (SSSR count). The van der Waals surface area contributed by atoms with Crippen LogP contribution in [0.25, 0.3) is 0 Å². The lowest BCUT2D eigenvalue weighted by atomic mass is 9.81. The average Bonchev–Trinajstić information content (AvgIpc) is 2.02. The van der Waals surface area contributed by atoms with E-state index in [0.717, 1.165) is 17.9 Å². The monoisotopic (exact) mass is 182 g/mol. The summed E-state index contributed by atoms with van der Waals surface area (Å²) in [6.45, 7) is 9.85. The van der Waals surface area contributed by atoms with Gasteiger partial charge in [0, 0.05) is 6.04 Å². The summed E-state index contributed by atoms with van der Waals surface area (Å²) in [5.41, 5.74) is 0. The van der Waals surface area contributed by atoms with Crippen LogP contribution in [-0.4, -0.2) is 37.1 Å². The molecule has 0 atom stereocenters. The highest BCUT2D eigenvalue weighted by Gasteiger charge is 2.30. The summed E-state index contributed by atoms with van der Waals surface area (Å²) in [4.78, 5) is 2.61. The molecule has 0 amide bonds. The van der Waals surface area contributed by atoms with Gasteiger partial charge in [-0.2, -0.15) is 0 Å². The molecule has 2 nitrogen and oxygen atoms in total. The molecule has 0 saturated carbocycles. The van der Waals surface area contributed by atoms with E-state index in [2.05, 4.69) is 24.1 Å². The van der Waals surface area contributed by atoms with Gasteiger partial charge < -0.3 is 10.2 Å². The molecule has 2 aliphatic heterocycles. The van der Waals surface area contributed by atoms with E-state index < -0.39 is 0 Å². The van der Waals surface area contributed by atoms with Crippen molar-refractivity contribution < 1.29 is 0 Å². The topological polar surface area (TPSA) is 15.3 Å². The summed E-state index contributed by atoms with van der Waals surface area (Å²) in [6.07, 6.45) is 2.87. The van der Waals surface area contributed by atoms with Crippen LogP contribution in [0.3, 0.4) is 0 Å². The van der Waals surface area contributed by atoms with Crippen LogP contribution in [0.4, 0.5) is 0 Å². The zero-order chi connectivity index (χ0) is 9.26. The van der Waals surface area contributed by atoms with E-state index in [-0.39, 0.29) is 0 Å². The van der Waals surface area contributed by atoms with Crippen molar-refractivity contribution in [2.24, 2.45) is 11.8 Å². The Morgan fingerprint density at radius 3 is 2.08 bits per heavy atom. The number of hydrogen-bond donors (Lipinski definition) is 1. The predicted molar refractivity (Wildman–Crippen MR) is 55.8 cm³/mol. The Morgan fingerprint density at radius 2 is 1.69 bits per heavy atom. The van der Waals surface area contributed by atoms with E-state index in [9.17, 15) is 0 Å². The summed E-state index contributed by atoms with van der Waals surface area (Å²) >= 11 is 0. The third-order valence-corrected chi connectivity index (χ3v) is 3.78. The second-order valence-corrected chi connectivity index (χ2v) is 4.89. The molecule has 2 saturated heterocycles. The SMILES string of the molecule is CC(C)N1CCC(C2CNC2)CC1. The first kappa shape index (κ1) is 9.47. The van der Waals surface area contributed by atoms with Gasteiger partial charge in [-0.25, -0.2) is 0 Å². The second kappa shape index (κ2) is 3.97. The van der Waals surface area contributed by atoms with Crippen molar-refractivity contribution in [3.8, 4) is 0 Å². The number of piperidine rings is 1. The molecule has 0 aromatic carbocycles. The Hall–Kier alpha value is -0.0800. The smallest absolute Gasteiger partial charge is 0.00385 e. The van der Waals surface area contributed by atoms with Crippen molar-refractivity contribution in [3.63, 3.8) is 0 Å². The predicted octanol–water partition coefficient (Wildman–Crippen LogP) is 1.33. The molecule has 0 spiro atoms. The third-order valence-electron chi connectivity index (χ3n) is 3.78. The Kier molecular flexibility index (Phi) is 2.89. The fourth-order valence-corrected chi connectivity index (χ4v) is 2.55. The zero-order valence-electron chi connectivity index (χ0n) is 8.92. The summed E-state index contributed by atoms with van der Waals surface area (Å²) in [5, 5.41) is 3.38. The van der Waals surface area contributed by atoms with Crippen molar-refractivity contribution in [3.05, 3.63) is 0 Å². The largest absolute Gasteiger partial charge is 0.316 e. The maximum Gasteiger partial charge on any atom is 0.00385 e. The summed E-state index contributed by atoms with van der Waals surface area (Å²) in [5.74, 6) is 2.03. The molecule has 2 heterocycles. The quantitative estimate of drug-likeness (QED) is 0.693. The first-order chi connectivity index (χ1) is 6.27. The Morgan fingerprint density at radius 1 is 1.08 bits per heavy atom. The molecular weight excluding hydrogens is 160 g/mol. The molecular formula is C11H22N2. The maximum absolute atomic E-state index is 3.38. The highest BCUT2D eigenvalue weighted by Crippen LogP contribution is 2.27. The number of hydrogen-bond acceptors (Lipinski definition) is 2. The van der Waals surface area contributed by atoms with Gasteiger partial charge in [0.1, 0.15) is 0 Å². The second-order valence-electron chi connectivity index (χ2n) is 4.89. The number of rotatable bonds is 2. The van der Waals surface area contributed by atoms with E-state index in [0.29, 0.717) is 0 Å². The molecule has 0 bridgehead atoms. The van der Waals surface area contributed by atoms with Crippen LogP contribution < -0.4 is 5.32 Å². The van der Waals surface area contributed by atoms with Crippen molar-refractivity contribution >= 4 is 0 Å². The Balaban J connectivity index is 1.75.